The summed E-state index contributed by atoms with van der Waals surface area (Å²) in [5, 5.41) is 3.49. The van der Waals surface area contributed by atoms with Gasteiger partial charge in [0.1, 0.15) is 0 Å². The Labute approximate surface area is 108 Å². The lowest BCUT2D eigenvalue weighted by atomic mass is 10.1. The fourth-order valence-corrected chi connectivity index (χ4v) is 1.71. The van der Waals surface area contributed by atoms with Crippen LogP contribution in [0.2, 0.25) is 0 Å². The largest absolute Gasteiger partial charge is 0.380 e. The highest BCUT2D eigenvalue weighted by atomic mass is 16.5. The van der Waals surface area contributed by atoms with Crippen LogP contribution in [0.15, 0.2) is 0 Å². The Bertz CT molecular complexity index is 162. The van der Waals surface area contributed by atoms with Gasteiger partial charge >= 0.3 is 0 Å². The van der Waals surface area contributed by atoms with E-state index in [0.29, 0.717) is 6.04 Å². The minimum atomic E-state index is 0.649. The molecule has 0 amide bonds. The first-order valence-corrected chi connectivity index (χ1v) is 7.06. The zero-order valence-corrected chi connectivity index (χ0v) is 12.5. The van der Waals surface area contributed by atoms with E-state index in [0.717, 1.165) is 38.8 Å². The van der Waals surface area contributed by atoms with Crippen molar-refractivity contribution in [2.24, 2.45) is 5.92 Å². The van der Waals surface area contributed by atoms with E-state index in [-0.39, 0.29) is 0 Å². The molecule has 0 aromatic carbocycles. The van der Waals surface area contributed by atoms with Gasteiger partial charge < -0.3 is 15.0 Å². The van der Waals surface area contributed by atoms with Gasteiger partial charge in [0.15, 0.2) is 0 Å². The Morgan fingerprint density at radius 1 is 1.24 bits per heavy atom. The summed E-state index contributed by atoms with van der Waals surface area (Å²) in [5.41, 5.74) is 0. The van der Waals surface area contributed by atoms with Crippen molar-refractivity contribution >= 4 is 0 Å². The molecule has 0 aromatic rings. The minimum absolute atomic E-state index is 0.649. The molecule has 0 aliphatic heterocycles. The number of hydrogen-bond acceptors (Lipinski definition) is 3. The van der Waals surface area contributed by atoms with Gasteiger partial charge in [-0.25, -0.2) is 0 Å². The Kier molecular flexibility index (Phi) is 10.9. The smallest absolute Gasteiger partial charge is 0.0593 e. The van der Waals surface area contributed by atoms with Crippen molar-refractivity contribution < 1.29 is 4.74 Å². The molecule has 0 rings (SSSR count). The van der Waals surface area contributed by atoms with Gasteiger partial charge in [0.2, 0.25) is 0 Å². The number of likely N-dealkylation sites (N-methyl/N-ethyl adjacent to an activating group) is 1. The number of rotatable bonds is 11. The Balaban J connectivity index is 3.40. The molecule has 0 spiro atoms. The van der Waals surface area contributed by atoms with Crippen LogP contribution in [0.25, 0.3) is 0 Å². The lowest BCUT2D eigenvalue weighted by molar-refractivity contribution is 0.108. The number of nitrogens with zero attached hydrogens (tertiary/aromatic N) is 1. The summed E-state index contributed by atoms with van der Waals surface area (Å²) in [6.45, 7) is 13.8. The molecule has 1 N–H and O–H groups in total. The lowest BCUT2D eigenvalue weighted by Gasteiger charge is -2.24. The molecular weight excluding hydrogens is 212 g/mol. The van der Waals surface area contributed by atoms with E-state index in [1.165, 1.54) is 12.8 Å². The van der Waals surface area contributed by atoms with Crippen LogP contribution in [0.4, 0.5) is 0 Å². The first kappa shape index (κ1) is 16.9. The zero-order valence-electron chi connectivity index (χ0n) is 12.5. The molecule has 0 saturated heterocycles. The molecule has 104 valence electrons. The van der Waals surface area contributed by atoms with E-state index in [4.69, 9.17) is 4.74 Å². The number of nitrogens with one attached hydrogen (secondary N) is 1. The minimum Gasteiger partial charge on any atom is -0.380 e. The van der Waals surface area contributed by atoms with E-state index in [1.807, 2.05) is 6.92 Å². The summed E-state index contributed by atoms with van der Waals surface area (Å²) in [5.74, 6) is 0.751. The molecule has 0 heterocycles. The van der Waals surface area contributed by atoms with Crippen LogP contribution in [0.3, 0.4) is 0 Å². The monoisotopic (exact) mass is 244 g/mol. The van der Waals surface area contributed by atoms with Gasteiger partial charge in [-0.15, -0.1) is 0 Å². The quantitative estimate of drug-likeness (QED) is 0.565. The van der Waals surface area contributed by atoms with Crippen molar-refractivity contribution in [1.82, 2.24) is 10.2 Å². The second-order valence-electron chi connectivity index (χ2n) is 5.27. The van der Waals surface area contributed by atoms with E-state index in [9.17, 15) is 0 Å². The molecule has 1 unspecified atom stereocenters. The van der Waals surface area contributed by atoms with Crippen LogP contribution in [0.1, 0.15) is 40.5 Å². The van der Waals surface area contributed by atoms with Crippen molar-refractivity contribution in [1.29, 1.82) is 0 Å². The van der Waals surface area contributed by atoms with Crippen LogP contribution in [-0.4, -0.2) is 50.8 Å². The first-order chi connectivity index (χ1) is 8.07. The summed E-state index contributed by atoms with van der Waals surface area (Å²) >= 11 is 0. The van der Waals surface area contributed by atoms with Crippen molar-refractivity contribution in [2.75, 3.05) is 39.9 Å². The van der Waals surface area contributed by atoms with Crippen molar-refractivity contribution in [2.45, 2.75) is 46.6 Å². The van der Waals surface area contributed by atoms with E-state index in [2.05, 4.69) is 38.0 Å². The van der Waals surface area contributed by atoms with Crippen molar-refractivity contribution in [3.05, 3.63) is 0 Å². The Hall–Kier alpha value is -0.120. The average molecular weight is 244 g/mol. The van der Waals surface area contributed by atoms with E-state index >= 15 is 0 Å². The molecule has 0 radical (unpaired) electrons. The molecule has 0 aliphatic rings. The molecule has 3 heteroatoms. The van der Waals surface area contributed by atoms with Gasteiger partial charge in [0, 0.05) is 19.2 Å². The van der Waals surface area contributed by atoms with E-state index in [1.54, 1.807) is 0 Å². The molecule has 0 bridgehead atoms. The standard InChI is InChI=1S/C14H32N2O/c1-6-17-11-10-16(5)14(4)8-7-9-15-12-13(2)3/h13-15H,6-12H2,1-5H3. The van der Waals surface area contributed by atoms with Gasteiger partial charge in [-0.1, -0.05) is 13.8 Å². The second-order valence-corrected chi connectivity index (χ2v) is 5.27. The van der Waals surface area contributed by atoms with Crippen LogP contribution >= 0.6 is 0 Å². The topological polar surface area (TPSA) is 24.5 Å². The van der Waals surface area contributed by atoms with Gasteiger partial charge in [0.05, 0.1) is 6.61 Å². The molecular formula is C14H32N2O. The predicted octanol–water partition coefficient (Wildman–Crippen LogP) is 2.37. The van der Waals surface area contributed by atoms with Crippen LogP contribution in [-0.2, 0) is 4.74 Å². The summed E-state index contributed by atoms with van der Waals surface area (Å²) in [7, 11) is 2.19. The molecule has 17 heavy (non-hydrogen) atoms. The second kappa shape index (κ2) is 11.0. The normalized spacial score (nSPS) is 13.6. The third kappa shape index (κ3) is 10.7. The van der Waals surface area contributed by atoms with Crippen molar-refractivity contribution in [3.63, 3.8) is 0 Å². The zero-order chi connectivity index (χ0) is 13.1. The third-order valence-electron chi connectivity index (χ3n) is 3.07. The SMILES string of the molecule is CCOCCN(C)C(C)CCCNCC(C)C. The van der Waals surface area contributed by atoms with Crippen LogP contribution in [0, 0.1) is 5.92 Å². The summed E-state index contributed by atoms with van der Waals surface area (Å²) < 4.78 is 5.37. The maximum atomic E-state index is 5.37. The van der Waals surface area contributed by atoms with E-state index < -0.39 is 0 Å². The molecule has 0 saturated carbocycles. The molecule has 0 aromatic heterocycles. The molecule has 0 fully saturated rings. The third-order valence-corrected chi connectivity index (χ3v) is 3.07. The molecule has 1 atom stereocenters. The lowest BCUT2D eigenvalue weighted by Crippen LogP contribution is -2.33. The Morgan fingerprint density at radius 2 is 1.94 bits per heavy atom. The van der Waals surface area contributed by atoms with Crippen LogP contribution < -0.4 is 5.32 Å². The maximum absolute atomic E-state index is 5.37. The first-order valence-electron chi connectivity index (χ1n) is 7.06. The fraction of sp³-hybridized carbons (Fsp3) is 1.00. The van der Waals surface area contributed by atoms with Gasteiger partial charge in [-0.2, -0.15) is 0 Å². The Morgan fingerprint density at radius 3 is 2.53 bits per heavy atom. The fourth-order valence-electron chi connectivity index (χ4n) is 1.71. The molecule has 3 nitrogen and oxygen atoms in total. The molecule has 0 aliphatic carbocycles. The predicted molar refractivity (Wildman–Crippen MR) is 75.5 cm³/mol. The highest BCUT2D eigenvalue weighted by molar-refractivity contribution is 4.64. The van der Waals surface area contributed by atoms with Gasteiger partial charge in [-0.3, -0.25) is 0 Å². The highest BCUT2D eigenvalue weighted by Gasteiger charge is 2.08. The number of ether oxygens (including phenoxy) is 1. The highest BCUT2D eigenvalue weighted by Crippen LogP contribution is 2.03. The maximum Gasteiger partial charge on any atom is 0.0593 e. The number of hydrogen-bond donors (Lipinski definition) is 1. The summed E-state index contributed by atoms with van der Waals surface area (Å²) in [4.78, 5) is 2.39. The summed E-state index contributed by atoms with van der Waals surface area (Å²) in [6, 6.07) is 0.649. The summed E-state index contributed by atoms with van der Waals surface area (Å²) in [6.07, 6.45) is 2.51. The van der Waals surface area contributed by atoms with Gasteiger partial charge in [0.25, 0.3) is 0 Å². The van der Waals surface area contributed by atoms with Gasteiger partial charge in [-0.05, 0) is 52.7 Å². The average Bonchev–Trinajstić information content (AvgIpc) is 2.28. The van der Waals surface area contributed by atoms with Crippen LogP contribution in [0.5, 0.6) is 0 Å². The van der Waals surface area contributed by atoms with Crippen molar-refractivity contribution in [3.8, 4) is 0 Å².